The highest BCUT2D eigenvalue weighted by Gasteiger charge is 2.30. The Kier molecular flexibility index (Phi) is 7.72. The molecule has 0 N–H and O–H groups in total. The Labute approximate surface area is 230 Å². The lowest BCUT2D eigenvalue weighted by Gasteiger charge is -2.34. The average molecular weight is 528 g/mol. The zero-order chi connectivity index (χ0) is 27.6. The topological polar surface area (TPSA) is 89.2 Å². The number of hydrogen-bond acceptors (Lipinski definition) is 6. The Morgan fingerprint density at radius 2 is 1.67 bits per heavy atom. The van der Waals surface area contributed by atoms with Crippen LogP contribution in [0.2, 0.25) is 0 Å². The second kappa shape index (κ2) is 11.2. The number of fused-ring (bicyclic) bond motifs is 1. The Hall–Kier alpha value is -3.70. The van der Waals surface area contributed by atoms with Crippen LogP contribution in [0.1, 0.15) is 61.8 Å². The van der Waals surface area contributed by atoms with Gasteiger partial charge in [0.15, 0.2) is 0 Å². The van der Waals surface area contributed by atoms with Gasteiger partial charge in [-0.15, -0.1) is 0 Å². The smallest absolute Gasteiger partial charge is 0.410 e. The Bertz CT molecular complexity index is 1290. The van der Waals surface area contributed by atoms with E-state index in [0.29, 0.717) is 49.8 Å². The summed E-state index contributed by atoms with van der Waals surface area (Å²) in [4.78, 5) is 36.5. The van der Waals surface area contributed by atoms with Gasteiger partial charge >= 0.3 is 6.09 Å². The number of nitrogens with zero attached hydrogens (tertiary/aromatic N) is 5. The van der Waals surface area contributed by atoms with Crippen molar-refractivity contribution >= 4 is 23.4 Å². The van der Waals surface area contributed by atoms with Crippen LogP contribution < -0.4 is 0 Å². The van der Waals surface area contributed by atoms with Crippen molar-refractivity contribution in [1.29, 1.82) is 5.26 Å². The molecule has 3 heterocycles. The number of carbonyl (C=O) groups excluding carboxylic acids is 2. The maximum Gasteiger partial charge on any atom is 0.410 e. The van der Waals surface area contributed by atoms with Gasteiger partial charge < -0.3 is 14.5 Å². The molecule has 0 bridgehead atoms. The zero-order valence-electron chi connectivity index (χ0n) is 23.2. The number of nitriles is 1. The molecule has 204 valence electrons. The van der Waals surface area contributed by atoms with Crippen molar-refractivity contribution in [2.24, 2.45) is 4.99 Å². The van der Waals surface area contributed by atoms with E-state index in [9.17, 15) is 9.59 Å². The van der Waals surface area contributed by atoms with Crippen molar-refractivity contribution in [2.45, 2.75) is 58.1 Å². The molecule has 2 fully saturated rings. The number of hydrogen-bond donors (Lipinski definition) is 0. The van der Waals surface area contributed by atoms with E-state index in [2.05, 4.69) is 23.1 Å². The van der Waals surface area contributed by atoms with Crippen molar-refractivity contribution in [1.82, 2.24) is 14.7 Å². The van der Waals surface area contributed by atoms with Crippen molar-refractivity contribution < 1.29 is 14.3 Å². The Morgan fingerprint density at radius 1 is 0.974 bits per heavy atom. The molecule has 2 aromatic carbocycles. The van der Waals surface area contributed by atoms with Crippen molar-refractivity contribution in [3.05, 3.63) is 64.7 Å². The molecule has 39 heavy (non-hydrogen) atoms. The van der Waals surface area contributed by atoms with E-state index in [-0.39, 0.29) is 12.0 Å². The SMILES string of the molecule is CC(C)(C)OC(=O)N1CCC(c2ccc3c(c2)CC(C(=O)N2CCN(Cc4ccc(C#N)cc4)CC2)=N3)CC1. The molecule has 0 aromatic heterocycles. The molecule has 2 saturated heterocycles. The summed E-state index contributed by atoms with van der Waals surface area (Å²) in [5.41, 5.74) is 5.26. The van der Waals surface area contributed by atoms with E-state index >= 15 is 0 Å². The minimum Gasteiger partial charge on any atom is -0.444 e. The van der Waals surface area contributed by atoms with Crippen LogP contribution in [0.3, 0.4) is 0 Å². The fourth-order valence-electron chi connectivity index (χ4n) is 5.56. The predicted molar refractivity (Wildman–Crippen MR) is 150 cm³/mol. The minimum atomic E-state index is -0.483. The summed E-state index contributed by atoms with van der Waals surface area (Å²) in [6.45, 7) is 10.9. The van der Waals surface area contributed by atoms with Crippen LogP contribution in [0.4, 0.5) is 10.5 Å². The fourth-order valence-corrected chi connectivity index (χ4v) is 5.56. The van der Waals surface area contributed by atoms with Gasteiger partial charge in [-0.2, -0.15) is 5.26 Å². The number of carbonyl (C=O) groups is 2. The van der Waals surface area contributed by atoms with E-state index in [1.54, 1.807) is 4.90 Å². The maximum atomic E-state index is 13.3. The molecule has 0 saturated carbocycles. The normalized spacial score (nSPS) is 18.4. The lowest BCUT2D eigenvalue weighted by Crippen LogP contribution is -2.50. The summed E-state index contributed by atoms with van der Waals surface area (Å²) in [5.74, 6) is 0.425. The van der Waals surface area contributed by atoms with Crippen LogP contribution in [0, 0.1) is 11.3 Å². The molecule has 2 amide bonds. The summed E-state index contributed by atoms with van der Waals surface area (Å²) >= 11 is 0. The second-order valence-corrected chi connectivity index (χ2v) is 11.7. The lowest BCUT2D eigenvalue weighted by molar-refractivity contribution is -0.125. The van der Waals surface area contributed by atoms with Crippen LogP contribution in [0.5, 0.6) is 0 Å². The zero-order valence-corrected chi connectivity index (χ0v) is 23.2. The molecular weight excluding hydrogens is 490 g/mol. The van der Waals surface area contributed by atoms with Gasteiger partial charge in [-0.1, -0.05) is 24.3 Å². The van der Waals surface area contributed by atoms with Gasteiger partial charge in [0.2, 0.25) is 0 Å². The molecule has 0 unspecified atom stereocenters. The quantitative estimate of drug-likeness (QED) is 0.578. The lowest BCUT2D eigenvalue weighted by atomic mass is 9.88. The highest BCUT2D eigenvalue weighted by Crippen LogP contribution is 2.34. The first kappa shape index (κ1) is 26.9. The van der Waals surface area contributed by atoms with E-state index in [1.165, 1.54) is 11.1 Å². The van der Waals surface area contributed by atoms with Gasteiger partial charge in [-0.05, 0) is 74.4 Å². The molecule has 3 aliphatic heterocycles. The number of amides is 2. The molecule has 8 nitrogen and oxygen atoms in total. The van der Waals surface area contributed by atoms with E-state index in [1.807, 2.05) is 56.0 Å². The summed E-state index contributed by atoms with van der Waals surface area (Å²) in [7, 11) is 0. The third-order valence-electron chi connectivity index (χ3n) is 7.73. The third kappa shape index (κ3) is 6.48. The first-order valence-electron chi connectivity index (χ1n) is 13.9. The largest absolute Gasteiger partial charge is 0.444 e. The van der Waals surface area contributed by atoms with Gasteiger partial charge in [-0.3, -0.25) is 9.69 Å². The van der Waals surface area contributed by atoms with Crippen molar-refractivity contribution in [3.63, 3.8) is 0 Å². The van der Waals surface area contributed by atoms with Gasteiger partial charge in [0, 0.05) is 52.2 Å². The van der Waals surface area contributed by atoms with Crippen LogP contribution >= 0.6 is 0 Å². The van der Waals surface area contributed by atoms with E-state index < -0.39 is 5.60 Å². The number of piperidine rings is 1. The summed E-state index contributed by atoms with van der Waals surface area (Å²) in [6.07, 6.45) is 2.14. The number of rotatable bonds is 4. The fraction of sp³-hybridized carbons (Fsp3) is 0.484. The van der Waals surface area contributed by atoms with E-state index in [0.717, 1.165) is 43.7 Å². The molecule has 2 aromatic rings. The molecule has 0 aliphatic carbocycles. The Balaban J connectivity index is 1.11. The molecule has 8 heteroatoms. The first-order valence-corrected chi connectivity index (χ1v) is 13.9. The highest BCUT2D eigenvalue weighted by molar-refractivity contribution is 6.40. The van der Waals surface area contributed by atoms with Gasteiger partial charge in [0.25, 0.3) is 5.91 Å². The third-order valence-corrected chi connectivity index (χ3v) is 7.73. The van der Waals surface area contributed by atoms with Gasteiger partial charge in [0.05, 0.1) is 17.3 Å². The van der Waals surface area contributed by atoms with Crippen LogP contribution in [-0.2, 0) is 22.5 Å². The molecule has 3 aliphatic rings. The number of likely N-dealkylation sites (tertiary alicyclic amines) is 1. The minimum absolute atomic E-state index is 0.0384. The molecular formula is C31H37N5O3. The monoisotopic (exact) mass is 527 g/mol. The average Bonchev–Trinajstić information content (AvgIpc) is 3.36. The Morgan fingerprint density at radius 3 is 2.31 bits per heavy atom. The van der Waals surface area contributed by atoms with Gasteiger partial charge in [-0.25, -0.2) is 9.79 Å². The first-order chi connectivity index (χ1) is 18.7. The maximum absolute atomic E-state index is 13.3. The molecule has 5 rings (SSSR count). The summed E-state index contributed by atoms with van der Waals surface area (Å²) in [6, 6.07) is 16.2. The number of benzene rings is 2. The van der Waals surface area contributed by atoms with E-state index in [4.69, 9.17) is 15.0 Å². The van der Waals surface area contributed by atoms with Crippen LogP contribution in [0.25, 0.3) is 0 Å². The van der Waals surface area contributed by atoms with Crippen LogP contribution in [-0.4, -0.2) is 77.3 Å². The molecule has 0 radical (unpaired) electrons. The molecule has 0 spiro atoms. The van der Waals surface area contributed by atoms with Crippen LogP contribution in [0.15, 0.2) is 47.5 Å². The second-order valence-electron chi connectivity index (χ2n) is 11.7. The number of piperazine rings is 1. The number of aliphatic imine (C=N–C) groups is 1. The van der Waals surface area contributed by atoms with Crippen molar-refractivity contribution in [2.75, 3.05) is 39.3 Å². The highest BCUT2D eigenvalue weighted by atomic mass is 16.6. The predicted octanol–water partition coefficient (Wildman–Crippen LogP) is 4.65. The van der Waals surface area contributed by atoms with Gasteiger partial charge in [0.1, 0.15) is 11.3 Å². The summed E-state index contributed by atoms with van der Waals surface area (Å²) < 4.78 is 5.53. The van der Waals surface area contributed by atoms with Crippen molar-refractivity contribution in [3.8, 4) is 6.07 Å². The summed E-state index contributed by atoms with van der Waals surface area (Å²) in [5, 5.41) is 8.98. The number of ether oxygens (including phenoxy) is 1. The standard InChI is InChI=1S/C31H37N5O3/c1-31(2,3)39-30(38)36-12-10-24(11-13-36)25-8-9-27-26(18-25)19-28(33-27)29(37)35-16-14-34(15-17-35)21-23-6-4-22(20-32)5-7-23/h4-9,18,24H,10-17,19,21H2,1-3H3. The molecule has 0 atom stereocenters.